The predicted molar refractivity (Wildman–Crippen MR) is 161 cm³/mol. The molecule has 42 heavy (non-hydrogen) atoms. The van der Waals surface area contributed by atoms with Gasteiger partial charge in [-0.2, -0.15) is 0 Å². The minimum Gasteiger partial charge on any atom is -0.345 e. The van der Waals surface area contributed by atoms with Gasteiger partial charge in [0.2, 0.25) is 0 Å². The van der Waals surface area contributed by atoms with E-state index in [0.717, 1.165) is 44.1 Å². The monoisotopic (exact) mass is 595 g/mol. The Morgan fingerprint density at radius 1 is 1.21 bits per heavy atom. The summed E-state index contributed by atoms with van der Waals surface area (Å²) >= 11 is 6.17. The number of rotatable bonds is 7. The molecular formula is C31H39ClFN7O2. The van der Waals surface area contributed by atoms with Crippen LogP contribution in [0.2, 0.25) is 0 Å². The fourth-order valence-electron chi connectivity index (χ4n) is 6.61. The van der Waals surface area contributed by atoms with E-state index in [1.165, 1.54) is 0 Å². The van der Waals surface area contributed by atoms with Crippen LogP contribution in [0.25, 0.3) is 0 Å². The molecule has 2 amide bonds. The van der Waals surface area contributed by atoms with Gasteiger partial charge in [-0.1, -0.05) is 49.7 Å². The van der Waals surface area contributed by atoms with E-state index in [-0.39, 0.29) is 52.9 Å². The molecule has 4 N–H and O–H groups in total. The fourth-order valence-corrected chi connectivity index (χ4v) is 6.83. The summed E-state index contributed by atoms with van der Waals surface area (Å²) in [4.78, 5) is 34.3. The van der Waals surface area contributed by atoms with Crippen molar-refractivity contribution in [3.8, 4) is 0 Å². The zero-order chi connectivity index (χ0) is 30.2. The van der Waals surface area contributed by atoms with Gasteiger partial charge in [-0.25, -0.2) is 4.39 Å². The van der Waals surface area contributed by atoms with Crippen LogP contribution in [0.1, 0.15) is 94.1 Å². The first-order chi connectivity index (χ1) is 19.9. The number of aliphatic imine (C=N–C) groups is 1. The van der Waals surface area contributed by atoms with E-state index in [9.17, 15) is 14.0 Å². The normalized spacial score (nSPS) is 25.6. The van der Waals surface area contributed by atoms with Gasteiger partial charge in [0.05, 0.1) is 17.6 Å². The molecule has 1 spiro atoms. The summed E-state index contributed by atoms with van der Waals surface area (Å²) in [6.45, 7) is 6.72. The molecule has 0 saturated heterocycles. The molecule has 1 aliphatic heterocycles. The van der Waals surface area contributed by atoms with Gasteiger partial charge >= 0.3 is 0 Å². The molecule has 1 unspecified atom stereocenters. The summed E-state index contributed by atoms with van der Waals surface area (Å²) in [5.41, 5.74) is 2.01. The molecule has 1 aromatic carbocycles. The number of allylic oxidation sites excluding steroid dienone is 3. The van der Waals surface area contributed by atoms with Gasteiger partial charge in [-0.15, -0.1) is 5.11 Å². The quantitative estimate of drug-likeness (QED) is 0.109. The second kappa shape index (κ2) is 11.7. The number of nitrogens with one attached hydrogen (secondary N) is 2. The topological polar surface area (TPSA) is 136 Å². The van der Waals surface area contributed by atoms with Crippen molar-refractivity contribution in [1.82, 2.24) is 10.2 Å². The zero-order valence-electron chi connectivity index (χ0n) is 24.4. The highest BCUT2D eigenvalue weighted by molar-refractivity contribution is 6.47. The van der Waals surface area contributed by atoms with Crippen molar-refractivity contribution in [1.29, 1.82) is 5.41 Å². The third kappa shape index (κ3) is 6.04. The summed E-state index contributed by atoms with van der Waals surface area (Å²) in [6, 6.07) is 7.13. The number of amides is 2. The lowest BCUT2D eigenvalue weighted by Gasteiger charge is -2.47. The van der Waals surface area contributed by atoms with Crippen molar-refractivity contribution in [2.45, 2.75) is 83.8 Å². The van der Waals surface area contributed by atoms with Crippen LogP contribution in [0.4, 0.5) is 4.39 Å². The Morgan fingerprint density at radius 2 is 1.88 bits per heavy atom. The SMILES string of the molecule is CC(C)(C)C1CCC2(CC1)N=C(C1=CC(Cl)=C(F)CC1)C(=O)N2C(c1ccc(C(=O)NCC(=N)N=NN)cc1)C1CC1. The van der Waals surface area contributed by atoms with Crippen molar-refractivity contribution in [2.24, 2.45) is 38.4 Å². The number of carbonyl (C=O) groups is 2. The summed E-state index contributed by atoms with van der Waals surface area (Å²) in [5.74, 6) is 4.82. The van der Waals surface area contributed by atoms with Crippen molar-refractivity contribution in [2.75, 3.05) is 6.54 Å². The van der Waals surface area contributed by atoms with Crippen molar-refractivity contribution >= 4 is 35.0 Å². The van der Waals surface area contributed by atoms with Crippen LogP contribution < -0.4 is 11.2 Å². The van der Waals surface area contributed by atoms with Gasteiger partial charge in [0.25, 0.3) is 11.8 Å². The Morgan fingerprint density at radius 3 is 2.45 bits per heavy atom. The predicted octanol–water partition coefficient (Wildman–Crippen LogP) is 6.53. The minimum absolute atomic E-state index is 0.0459. The molecule has 9 nitrogen and oxygen atoms in total. The van der Waals surface area contributed by atoms with Gasteiger partial charge in [0, 0.05) is 12.0 Å². The summed E-state index contributed by atoms with van der Waals surface area (Å²) < 4.78 is 14.1. The molecule has 0 bridgehead atoms. The molecule has 1 heterocycles. The first-order valence-corrected chi connectivity index (χ1v) is 15.1. The first-order valence-electron chi connectivity index (χ1n) is 14.7. The van der Waals surface area contributed by atoms with E-state index in [4.69, 9.17) is 27.8 Å². The Balaban J connectivity index is 1.46. The Kier molecular flexibility index (Phi) is 8.38. The Bertz CT molecular complexity index is 1380. The van der Waals surface area contributed by atoms with E-state index in [0.29, 0.717) is 35.1 Å². The molecule has 1 atom stereocenters. The zero-order valence-corrected chi connectivity index (χ0v) is 25.2. The number of benzene rings is 1. The van der Waals surface area contributed by atoms with Crippen LogP contribution in [-0.2, 0) is 4.79 Å². The Hall–Kier alpha value is -3.40. The van der Waals surface area contributed by atoms with E-state index < -0.39 is 5.66 Å². The van der Waals surface area contributed by atoms with Crippen LogP contribution in [0, 0.1) is 22.7 Å². The average Bonchev–Trinajstić information content (AvgIpc) is 3.76. The van der Waals surface area contributed by atoms with E-state index >= 15 is 0 Å². The number of amidine groups is 1. The lowest BCUT2D eigenvalue weighted by atomic mass is 9.69. The second-order valence-corrected chi connectivity index (χ2v) is 13.3. The maximum atomic E-state index is 14.4. The second-order valence-electron chi connectivity index (χ2n) is 12.9. The first kappa shape index (κ1) is 30.1. The summed E-state index contributed by atoms with van der Waals surface area (Å²) in [6.07, 6.45) is 7.62. The van der Waals surface area contributed by atoms with Gasteiger partial charge in [0.15, 0.2) is 5.84 Å². The van der Waals surface area contributed by atoms with Crippen molar-refractivity contribution in [3.05, 3.63) is 57.9 Å². The summed E-state index contributed by atoms with van der Waals surface area (Å²) in [7, 11) is 0. The maximum Gasteiger partial charge on any atom is 0.274 e. The molecular weight excluding hydrogens is 557 g/mol. The molecule has 0 radical (unpaired) electrons. The number of carbonyl (C=O) groups excluding carboxylic acids is 2. The molecule has 5 rings (SSSR count). The molecule has 0 aromatic heterocycles. The lowest BCUT2D eigenvalue weighted by molar-refractivity contribution is -0.134. The average molecular weight is 596 g/mol. The molecule has 224 valence electrons. The molecule has 2 saturated carbocycles. The third-order valence-corrected chi connectivity index (χ3v) is 9.45. The molecule has 4 aliphatic rings. The highest BCUT2D eigenvalue weighted by atomic mass is 35.5. The van der Waals surface area contributed by atoms with Gasteiger partial charge in [-0.3, -0.25) is 20.0 Å². The highest BCUT2D eigenvalue weighted by Gasteiger charge is 2.55. The minimum atomic E-state index is -0.664. The van der Waals surface area contributed by atoms with Crippen LogP contribution >= 0.6 is 11.6 Å². The molecule has 3 aliphatic carbocycles. The number of nitrogens with zero attached hydrogens (tertiary/aromatic N) is 4. The fraction of sp³-hybridized carbons (Fsp3) is 0.548. The van der Waals surface area contributed by atoms with Gasteiger partial charge in [-0.05, 0) is 91.5 Å². The van der Waals surface area contributed by atoms with Crippen LogP contribution in [0.15, 0.2) is 62.1 Å². The van der Waals surface area contributed by atoms with Gasteiger partial charge < -0.3 is 16.1 Å². The third-order valence-electron chi connectivity index (χ3n) is 9.13. The lowest BCUT2D eigenvalue weighted by Crippen LogP contribution is -2.52. The van der Waals surface area contributed by atoms with Crippen molar-refractivity contribution < 1.29 is 14.0 Å². The molecule has 11 heteroatoms. The summed E-state index contributed by atoms with van der Waals surface area (Å²) in [5, 5.41) is 16.8. The maximum absolute atomic E-state index is 14.4. The van der Waals surface area contributed by atoms with Gasteiger partial charge in [0.1, 0.15) is 17.2 Å². The molecule has 1 aromatic rings. The number of hydrogen-bond acceptors (Lipinski definition) is 5. The van der Waals surface area contributed by atoms with Crippen molar-refractivity contribution in [3.63, 3.8) is 0 Å². The van der Waals surface area contributed by atoms with E-state index in [1.807, 2.05) is 17.0 Å². The van der Waals surface area contributed by atoms with E-state index in [1.54, 1.807) is 18.2 Å². The highest BCUT2D eigenvalue weighted by Crippen LogP contribution is 2.54. The standard InChI is InChI=1S/C31H39ClFN7O2/c1-30(2,3)22-12-14-31(15-13-22)37-26(21-10-11-24(33)23(32)16-21)29(42)40(31)27(18-4-5-18)19-6-8-20(9-7-19)28(41)36-17-25(34)38-39-35/h6-9,16,18,22,27H,4-5,10-15,17H2,1-3H3,(H,36,41)(H3,34,35,38). The van der Waals surface area contributed by atoms with E-state index in [2.05, 4.69) is 36.4 Å². The number of halogens is 2. The Labute approximate surface area is 251 Å². The smallest absolute Gasteiger partial charge is 0.274 e. The molecule has 2 fully saturated rings. The van der Waals surface area contributed by atoms with Crippen LogP contribution in [-0.4, -0.2) is 40.5 Å². The van der Waals surface area contributed by atoms with Crippen LogP contribution in [0.5, 0.6) is 0 Å². The number of hydrogen-bond donors (Lipinski definition) is 3. The number of nitrogens with two attached hydrogens (primary N) is 1. The van der Waals surface area contributed by atoms with Crippen LogP contribution in [0.3, 0.4) is 0 Å². The largest absolute Gasteiger partial charge is 0.345 e.